The van der Waals surface area contributed by atoms with Crippen molar-refractivity contribution in [1.82, 2.24) is 15.2 Å². The zero-order valence-electron chi connectivity index (χ0n) is 14.4. The summed E-state index contributed by atoms with van der Waals surface area (Å²) in [6, 6.07) is 0.311. The topological polar surface area (TPSA) is 74.2 Å². The van der Waals surface area contributed by atoms with Crippen molar-refractivity contribution in [1.29, 1.82) is 0 Å². The van der Waals surface area contributed by atoms with Crippen molar-refractivity contribution in [2.75, 3.05) is 39.9 Å². The molecule has 0 bridgehead atoms. The third kappa shape index (κ3) is 5.28. The maximum Gasteiger partial charge on any atom is 0.267 e. The van der Waals surface area contributed by atoms with Gasteiger partial charge in [-0.3, -0.25) is 14.5 Å². The Kier molecular flexibility index (Phi) is 6.53. The SMILES string of the molecule is CC(C)C[C@@H](CNC(=O)C1=NN(C)C(=O)CC1)N1CCOCC1. The van der Waals surface area contributed by atoms with Gasteiger partial charge in [0.15, 0.2) is 0 Å². The number of rotatable bonds is 6. The van der Waals surface area contributed by atoms with Crippen LogP contribution < -0.4 is 5.32 Å². The van der Waals surface area contributed by atoms with Crippen LogP contribution in [0, 0.1) is 5.92 Å². The molecule has 0 unspecified atom stereocenters. The summed E-state index contributed by atoms with van der Waals surface area (Å²) < 4.78 is 5.41. The molecule has 0 aromatic heterocycles. The van der Waals surface area contributed by atoms with Crippen LogP contribution in [0.3, 0.4) is 0 Å². The maximum atomic E-state index is 12.3. The fourth-order valence-electron chi connectivity index (χ4n) is 2.99. The predicted molar refractivity (Wildman–Crippen MR) is 88.1 cm³/mol. The van der Waals surface area contributed by atoms with E-state index in [2.05, 4.69) is 29.2 Å². The zero-order valence-corrected chi connectivity index (χ0v) is 14.4. The highest BCUT2D eigenvalue weighted by atomic mass is 16.5. The van der Waals surface area contributed by atoms with Gasteiger partial charge >= 0.3 is 0 Å². The molecule has 2 heterocycles. The van der Waals surface area contributed by atoms with Crippen LogP contribution in [-0.2, 0) is 14.3 Å². The van der Waals surface area contributed by atoms with E-state index in [4.69, 9.17) is 4.74 Å². The van der Waals surface area contributed by atoms with Gasteiger partial charge in [-0.1, -0.05) is 13.8 Å². The van der Waals surface area contributed by atoms with Gasteiger partial charge < -0.3 is 10.1 Å². The van der Waals surface area contributed by atoms with E-state index in [0.29, 0.717) is 37.1 Å². The summed E-state index contributed by atoms with van der Waals surface area (Å²) in [5.41, 5.74) is 0.442. The molecule has 0 radical (unpaired) electrons. The molecule has 7 heteroatoms. The molecule has 2 aliphatic rings. The fraction of sp³-hybridized carbons (Fsp3) is 0.812. The number of carbonyl (C=O) groups is 2. The summed E-state index contributed by atoms with van der Waals surface area (Å²) in [7, 11) is 1.59. The molecular formula is C16H28N4O3. The molecular weight excluding hydrogens is 296 g/mol. The lowest BCUT2D eigenvalue weighted by Crippen LogP contribution is -2.50. The normalized spacial score (nSPS) is 21.3. The van der Waals surface area contributed by atoms with Gasteiger partial charge in [0.1, 0.15) is 5.71 Å². The minimum absolute atomic E-state index is 0.0486. The first-order valence-corrected chi connectivity index (χ1v) is 8.41. The van der Waals surface area contributed by atoms with Crippen molar-refractivity contribution in [3.63, 3.8) is 0 Å². The first kappa shape index (κ1) is 17.9. The number of amides is 2. The number of hydrogen-bond donors (Lipinski definition) is 1. The van der Waals surface area contributed by atoms with Crippen molar-refractivity contribution < 1.29 is 14.3 Å². The van der Waals surface area contributed by atoms with Crippen molar-refractivity contribution in [3.8, 4) is 0 Å². The molecule has 2 rings (SSSR count). The van der Waals surface area contributed by atoms with Gasteiger partial charge in [0.2, 0.25) is 5.91 Å². The Morgan fingerprint density at radius 2 is 2.00 bits per heavy atom. The number of nitrogens with one attached hydrogen (secondary N) is 1. The van der Waals surface area contributed by atoms with E-state index in [0.717, 1.165) is 32.7 Å². The molecule has 0 aromatic rings. The van der Waals surface area contributed by atoms with E-state index >= 15 is 0 Å². The maximum absolute atomic E-state index is 12.3. The fourth-order valence-corrected chi connectivity index (χ4v) is 2.99. The van der Waals surface area contributed by atoms with Gasteiger partial charge in [-0.15, -0.1) is 0 Å². The second kappa shape index (κ2) is 8.40. The summed E-state index contributed by atoms with van der Waals surface area (Å²) in [6.07, 6.45) is 1.80. The van der Waals surface area contributed by atoms with Crippen LogP contribution in [0.1, 0.15) is 33.1 Å². The molecule has 0 saturated carbocycles. The van der Waals surface area contributed by atoms with Gasteiger partial charge in [0, 0.05) is 45.6 Å². The lowest BCUT2D eigenvalue weighted by molar-refractivity contribution is -0.130. The number of hydrazone groups is 1. The highest BCUT2D eigenvalue weighted by molar-refractivity contribution is 6.39. The molecule has 23 heavy (non-hydrogen) atoms. The van der Waals surface area contributed by atoms with Crippen LogP contribution in [0.5, 0.6) is 0 Å². The number of ether oxygens (including phenoxy) is 1. The lowest BCUT2D eigenvalue weighted by Gasteiger charge is -2.35. The molecule has 2 aliphatic heterocycles. The van der Waals surface area contributed by atoms with Gasteiger partial charge in [-0.2, -0.15) is 5.10 Å². The average molecular weight is 324 g/mol. The van der Waals surface area contributed by atoms with E-state index in [1.165, 1.54) is 5.01 Å². The Hall–Kier alpha value is -1.47. The molecule has 1 atom stereocenters. The lowest BCUT2D eigenvalue weighted by atomic mass is 10.0. The Labute approximate surface area is 138 Å². The van der Waals surface area contributed by atoms with E-state index in [9.17, 15) is 9.59 Å². The Morgan fingerprint density at radius 1 is 1.30 bits per heavy atom. The van der Waals surface area contributed by atoms with Gasteiger partial charge in [0.25, 0.3) is 5.91 Å². The molecule has 130 valence electrons. The van der Waals surface area contributed by atoms with Crippen LogP contribution in [0.15, 0.2) is 5.10 Å². The smallest absolute Gasteiger partial charge is 0.267 e. The van der Waals surface area contributed by atoms with Gasteiger partial charge in [-0.05, 0) is 12.3 Å². The molecule has 0 spiro atoms. The van der Waals surface area contributed by atoms with Crippen LogP contribution in [-0.4, -0.2) is 73.4 Å². The third-order valence-corrected chi connectivity index (χ3v) is 4.27. The molecule has 0 aromatic carbocycles. The number of nitrogens with zero attached hydrogens (tertiary/aromatic N) is 3. The first-order valence-electron chi connectivity index (χ1n) is 8.41. The monoisotopic (exact) mass is 324 g/mol. The number of carbonyl (C=O) groups excluding carboxylic acids is 2. The van der Waals surface area contributed by atoms with Crippen molar-refractivity contribution in [2.45, 2.75) is 39.2 Å². The minimum Gasteiger partial charge on any atom is -0.379 e. The van der Waals surface area contributed by atoms with Crippen LogP contribution in [0.2, 0.25) is 0 Å². The third-order valence-electron chi connectivity index (χ3n) is 4.27. The largest absolute Gasteiger partial charge is 0.379 e. The molecule has 7 nitrogen and oxygen atoms in total. The molecule has 1 fully saturated rings. The number of hydrogen-bond acceptors (Lipinski definition) is 5. The standard InChI is InChI=1S/C16H28N4O3/c1-12(2)10-13(20-6-8-23-9-7-20)11-17-16(22)14-4-5-15(21)19(3)18-14/h12-13H,4-11H2,1-3H3,(H,17,22)/t13-/m0/s1. The molecule has 2 amide bonds. The van der Waals surface area contributed by atoms with E-state index in [1.54, 1.807) is 7.05 Å². The molecule has 1 saturated heterocycles. The summed E-state index contributed by atoms with van der Waals surface area (Å²) in [5, 5.41) is 8.33. The van der Waals surface area contributed by atoms with Crippen LogP contribution in [0.4, 0.5) is 0 Å². The molecule has 1 N–H and O–H groups in total. The van der Waals surface area contributed by atoms with E-state index in [1.807, 2.05) is 0 Å². The van der Waals surface area contributed by atoms with E-state index < -0.39 is 0 Å². The second-order valence-electron chi connectivity index (χ2n) is 6.61. The highest BCUT2D eigenvalue weighted by Gasteiger charge is 2.25. The van der Waals surface area contributed by atoms with Crippen LogP contribution >= 0.6 is 0 Å². The summed E-state index contributed by atoms with van der Waals surface area (Å²) in [4.78, 5) is 26.1. The van der Waals surface area contributed by atoms with Gasteiger partial charge in [0.05, 0.1) is 13.2 Å². The zero-order chi connectivity index (χ0) is 16.8. The Balaban J connectivity index is 1.90. The number of morpholine rings is 1. The summed E-state index contributed by atoms with van der Waals surface area (Å²) in [6.45, 7) is 8.32. The minimum atomic E-state index is -0.161. The highest BCUT2D eigenvalue weighted by Crippen LogP contribution is 2.13. The first-order chi connectivity index (χ1) is 11.0. The van der Waals surface area contributed by atoms with E-state index in [-0.39, 0.29) is 11.8 Å². The second-order valence-corrected chi connectivity index (χ2v) is 6.61. The Bertz CT molecular complexity index is 458. The van der Waals surface area contributed by atoms with Crippen molar-refractivity contribution >= 4 is 17.5 Å². The quantitative estimate of drug-likeness (QED) is 0.770. The Morgan fingerprint density at radius 3 is 2.61 bits per heavy atom. The van der Waals surface area contributed by atoms with Crippen LogP contribution in [0.25, 0.3) is 0 Å². The summed E-state index contributed by atoms with van der Waals surface area (Å²) >= 11 is 0. The van der Waals surface area contributed by atoms with Crippen molar-refractivity contribution in [3.05, 3.63) is 0 Å². The molecule has 0 aliphatic carbocycles. The predicted octanol–water partition coefficient (Wildman–Crippen LogP) is 0.458. The van der Waals surface area contributed by atoms with Gasteiger partial charge in [-0.25, -0.2) is 5.01 Å². The summed E-state index contributed by atoms with van der Waals surface area (Å²) in [5.74, 6) is 0.356. The van der Waals surface area contributed by atoms with Crippen molar-refractivity contribution in [2.24, 2.45) is 11.0 Å². The average Bonchev–Trinajstić information content (AvgIpc) is 2.54.